The van der Waals surface area contributed by atoms with Crippen molar-refractivity contribution in [2.75, 3.05) is 5.88 Å². The van der Waals surface area contributed by atoms with Crippen molar-refractivity contribution < 1.29 is 4.79 Å². The van der Waals surface area contributed by atoms with E-state index in [4.69, 9.17) is 11.6 Å². The Morgan fingerprint density at radius 2 is 2.12 bits per heavy atom. The van der Waals surface area contributed by atoms with Crippen LogP contribution in [0.2, 0.25) is 0 Å². The Bertz CT molecular complexity index is 397. The number of halogens is 1. The molecular formula is C15H21ClO. The molecule has 17 heavy (non-hydrogen) atoms. The van der Waals surface area contributed by atoms with Crippen molar-refractivity contribution in [3.8, 4) is 0 Å². The van der Waals surface area contributed by atoms with E-state index in [-0.39, 0.29) is 11.2 Å². The number of Topliss-reactive ketones (excluding diaryl/α,β-unsaturated/α-hetero) is 1. The van der Waals surface area contributed by atoms with E-state index in [0.29, 0.717) is 12.3 Å². The van der Waals surface area contributed by atoms with Gasteiger partial charge in [0.15, 0.2) is 5.78 Å². The molecule has 0 aromatic heterocycles. The van der Waals surface area contributed by atoms with Crippen LogP contribution in [0.3, 0.4) is 0 Å². The lowest BCUT2D eigenvalue weighted by Crippen LogP contribution is -2.24. The first-order valence-corrected chi connectivity index (χ1v) is 6.57. The minimum absolute atomic E-state index is 0.0930. The first-order chi connectivity index (χ1) is 7.88. The molecule has 0 radical (unpaired) electrons. The number of rotatable bonds is 3. The smallest absolute Gasteiger partial charge is 0.158 e. The molecule has 0 unspecified atom stereocenters. The molecule has 0 aromatic carbocycles. The molecule has 0 aromatic rings. The van der Waals surface area contributed by atoms with Gasteiger partial charge in [-0.1, -0.05) is 37.6 Å². The van der Waals surface area contributed by atoms with Crippen molar-refractivity contribution in [1.29, 1.82) is 0 Å². The summed E-state index contributed by atoms with van der Waals surface area (Å²) in [4.78, 5) is 11.7. The maximum Gasteiger partial charge on any atom is 0.158 e. The Morgan fingerprint density at radius 1 is 1.47 bits per heavy atom. The van der Waals surface area contributed by atoms with Gasteiger partial charge in [0.25, 0.3) is 0 Å². The highest BCUT2D eigenvalue weighted by Crippen LogP contribution is 2.39. The van der Waals surface area contributed by atoms with Crippen molar-refractivity contribution in [3.05, 3.63) is 34.9 Å². The molecule has 94 valence electrons. The highest BCUT2D eigenvalue weighted by molar-refractivity contribution is 6.18. The van der Waals surface area contributed by atoms with Crippen LogP contribution in [0.1, 0.15) is 40.5 Å². The third kappa shape index (κ3) is 3.57. The second-order valence-corrected chi connectivity index (χ2v) is 5.59. The lowest BCUT2D eigenvalue weighted by Gasteiger charge is -2.32. The zero-order valence-electron chi connectivity index (χ0n) is 11.1. The molecule has 1 aliphatic carbocycles. The molecule has 0 heterocycles. The minimum Gasteiger partial charge on any atom is -0.295 e. The quantitative estimate of drug-likeness (QED) is 0.536. The van der Waals surface area contributed by atoms with Gasteiger partial charge in [-0.3, -0.25) is 4.79 Å². The summed E-state index contributed by atoms with van der Waals surface area (Å²) in [6.45, 7) is 8.35. The first kappa shape index (κ1) is 14.2. The Balaban J connectivity index is 3.04. The Kier molecular flexibility index (Phi) is 4.76. The standard InChI is InChI=1S/C15H21ClO/c1-11(8-10-16)5-6-13-12(2)14(17)7-9-15(13,3)4/h5-6,8H,7,9-10H2,1-4H3/b6-5+,11-8+. The zero-order chi connectivity index (χ0) is 13.1. The van der Waals surface area contributed by atoms with Crippen molar-refractivity contribution in [1.82, 2.24) is 0 Å². The van der Waals surface area contributed by atoms with Crippen LogP contribution in [0.5, 0.6) is 0 Å². The molecule has 0 amide bonds. The summed E-state index contributed by atoms with van der Waals surface area (Å²) in [6.07, 6.45) is 7.69. The Labute approximate surface area is 109 Å². The fourth-order valence-corrected chi connectivity index (χ4v) is 2.40. The van der Waals surface area contributed by atoms with Gasteiger partial charge < -0.3 is 0 Å². The molecule has 0 saturated carbocycles. The predicted octanol–water partition coefficient (Wildman–Crippen LogP) is 4.43. The van der Waals surface area contributed by atoms with Gasteiger partial charge in [0, 0.05) is 12.3 Å². The van der Waals surface area contributed by atoms with E-state index in [9.17, 15) is 4.79 Å². The zero-order valence-corrected chi connectivity index (χ0v) is 11.9. The van der Waals surface area contributed by atoms with Crippen molar-refractivity contribution >= 4 is 17.4 Å². The molecule has 0 fully saturated rings. The molecule has 0 saturated heterocycles. The Hall–Kier alpha value is -0.820. The van der Waals surface area contributed by atoms with Gasteiger partial charge >= 0.3 is 0 Å². The molecule has 0 atom stereocenters. The Morgan fingerprint density at radius 3 is 2.71 bits per heavy atom. The molecule has 1 rings (SSSR count). The summed E-state index contributed by atoms with van der Waals surface area (Å²) in [5, 5.41) is 0. The largest absolute Gasteiger partial charge is 0.295 e. The number of carbonyl (C=O) groups excluding carboxylic acids is 1. The van der Waals surface area contributed by atoms with Gasteiger partial charge in [-0.2, -0.15) is 0 Å². The normalized spacial score (nSPS) is 21.5. The summed E-state index contributed by atoms with van der Waals surface area (Å²) < 4.78 is 0. The predicted molar refractivity (Wildman–Crippen MR) is 74.3 cm³/mol. The SMILES string of the molecule is CC1=C(/C=C/C(C)=C/CCl)C(C)(C)CCC1=O. The van der Waals surface area contributed by atoms with Crippen molar-refractivity contribution in [2.24, 2.45) is 5.41 Å². The van der Waals surface area contributed by atoms with Crippen molar-refractivity contribution in [3.63, 3.8) is 0 Å². The maximum atomic E-state index is 11.7. The lowest BCUT2D eigenvalue weighted by atomic mass is 9.72. The van der Waals surface area contributed by atoms with E-state index < -0.39 is 0 Å². The van der Waals surface area contributed by atoms with Crippen LogP contribution in [-0.4, -0.2) is 11.7 Å². The molecule has 1 nitrogen and oxygen atoms in total. The van der Waals surface area contributed by atoms with Crippen LogP contribution in [0, 0.1) is 5.41 Å². The summed E-state index contributed by atoms with van der Waals surface area (Å²) in [6, 6.07) is 0. The van der Waals surface area contributed by atoms with Crippen LogP contribution < -0.4 is 0 Å². The number of alkyl halides is 1. The molecule has 1 aliphatic rings. The van der Waals surface area contributed by atoms with E-state index in [0.717, 1.165) is 23.1 Å². The van der Waals surface area contributed by atoms with Gasteiger partial charge in [0.2, 0.25) is 0 Å². The average Bonchev–Trinajstić information content (AvgIpc) is 2.24. The summed E-state index contributed by atoms with van der Waals surface area (Å²) in [5.41, 5.74) is 3.30. The monoisotopic (exact) mass is 252 g/mol. The van der Waals surface area contributed by atoms with Crippen LogP contribution >= 0.6 is 11.6 Å². The van der Waals surface area contributed by atoms with Crippen LogP contribution in [0.25, 0.3) is 0 Å². The summed E-state index contributed by atoms with van der Waals surface area (Å²) in [7, 11) is 0. The fraction of sp³-hybridized carbons (Fsp3) is 0.533. The molecule has 0 spiro atoms. The van der Waals surface area contributed by atoms with E-state index in [1.807, 2.05) is 26.0 Å². The van der Waals surface area contributed by atoms with Crippen LogP contribution in [0.15, 0.2) is 34.9 Å². The molecule has 2 heteroatoms. The number of allylic oxidation sites excluding steroid dienone is 6. The molecular weight excluding hydrogens is 232 g/mol. The fourth-order valence-electron chi connectivity index (χ4n) is 2.16. The lowest BCUT2D eigenvalue weighted by molar-refractivity contribution is -0.116. The minimum atomic E-state index is 0.0930. The van der Waals surface area contributed by atoms with Crippen LogP contribution in [0.4, 0.5) is 0 Å². The van der Waals surface area contributed by atoms with Gasteiger partial charge in [0.05, 0.1) is 0 Å². The van der Waals surface area contributed by atoms with Crippen LogP contribution in [-0.2, 0) is 4.79 Å². The molecule has 0 bridgehead atoms. The van der Waals surface area contributed by atoms with E-state index in [1.165, 1.54) is 0 Å². The maximum absolute atomic E-state index is 11.7. The summed E-state index contributed by atoms with van der Waals surface area (Å²) in [5.74, 6) is 0.805. The molecule has 0 aliphatic heterocycles. The van der Waals surface area contributed by atoms with Gasteiger partial charge in [-0.15, -0.1) is 11.6 Å². The second kappa shape index (κ2) is 5.68. The third-order valence-electron chi connectivity index (χ3n) is 3.44. The van der Waals surface area contributed by atoms with Gasteiger partial charge in [-0.05, 0) is 36.8 Å². The molecule has 0 N–H and O–H groups in total. The highest BCUT2D eigenvalue weighted by atomic mass is 35.5. The first-order valence-electron chi connectivity index (χ1n) is 6.04. The number of carbonyl (C=O) groups is 1. The van der Waals surface area contributed by atoms with E-state index in [1.54, 1.807) is 0 Å². The number of hydrogen-bond acceptors (Lipinski definition) is 1. The third-order valence-corrected chi connectivity index (χ3v) is 3.59. The average molecular weight is 253 g/mol. The van der Waals surface area contributed by atoms with E-state index in [2.05, 4.69) is 19.9 Å². The summed E-state index contributed by atoms with van der Waals surface area (Å²) >= 11 is 5.65. The van der Waals surface area contributed by atoms with E-state index >= 15 is 0 Å². The van der Waals surface area contributed by atoms with Gasteiger partial charge in [0.1, 0.15) is 0 Å². The van der Waals surface area contributed by atoms with Crippen molar-refractivity contribution in [2.45, 2.75) is 40.5 Å². The second-order valence-electron chi connectivity index (χ2n) is 5.28. The number of hydrogen-bond donors (Lipinski definition) is 0. The van der Waals surface area contributed by atoms with Gasteiger partial charge in [-0.25, -0.2) is 0 Å². The topological polar surface area (TPSA) is 17.1 Å². The number of ketones is 1. The highest BCUT2D eigenvalue weighted by Gasteiger charge is 2.30.